The molecular weight excluding hydrogens is 386 g/mol. The Hall–Kier alpha value is -3.15. The second-order valence-corrected chi connectivity index (χ2v) is 8.19. The second kappa shape index (κ2) is 10.6. The molecule has 1 saturated heterocycles. The van der Waals surface area contributed by atoms with Crippen LogP contribution in [0.4, 0.5) is 4.79 Å². The minimum absolute atomic E-state index is 0.196. The van der Waals surface area contributed by atoms with E-state index >= 15 is 0 Å². The van der Waals surface area contributed by atoms with Gasteiger partial charge in [0.2, 0.25) is 12.1 Å². The van der Waals surface area contributed by atoms with Crippen LogP contribution >= 0.6 is 0 Å². The first-order chi connectivity index (χ1) is 14.3. The quantitative estimate of drug-likeness (QED) is 0.293. The highest BCUT2D eigenvalue weighted by atomic mass is 16.6. The Bertz CT molecular complexity index is 766. The summed E-state index contributed by atoms with van der Waals surface area (Å²) in [4.78, 5) is 38.8. The van der Waals surface area contributed by atoms with Crippen LogP contribution < -0.4 is 0 Å². The van der Waals surface area contributed by atoms with Gasteiger partial charge in [0.25, 0.3) is 0 Å². The van der Waals surface area contributed by atoms with Gasteiger partial charge in [0.1, 0.15) is 11.6 Å². The predicted octanol–water partition coefficient (Wildman–Crippen LogP) is 3.27. The van der Waals surface area contributed by atoms with Crippen LogP contribution in [0, 0.1) is 16.4 Å². The van der Waals surface area contributed by atoms with Crippen LogP contribution in [0.5, 0.6) is 0 Å². The Morgan fingerprint density at radius 3 is 2.37 bits per heavy atom. The largest absolute Gasteiger partial charge is 0.442 e. The average molecular weight is 415 g/mol. The molecule has 0 aromatic heterocycles. The number of hydrogen-bond donors (Lipinski definition) is 0. The molecule has 9 heteroatoms. The molecule has 0 unspecified atom stereocenters. The van der Waals surface area contributed by atoms with Crippen molar-refractivity contribution in [3.63, 3.8) is 0 Å². The lowest BCUT2D eigenvalue weighted by atomic mass is 10.0. The summed E-state index contributed by atoms with van der Waals surface area (Å²) in [5.74, 6) is -0.264. The molecule has 2 amide bonds. The highest BCUT2D eigenvalue weighted by Crippen LogP contribution is 2.19. The van der Waals surface area contributed by atoms with E-state index in [1.807, 2.05) is 36.5 Å². The van der Waals surface area contributed by atoms with E-state index in [4.69, 9.17) is 4.74 Å². The van der Waals surface area contributed by atoms with Crippen LogP contribution in [0.15, 0.2) is 35.5 Å². The Kier molecular flexibility index (Phi) is 8.16. The average Bonchev–Trinajstić information content (AvgIpc) is 2.72. The van der Waals surface area contributed by atoms with E-state index in [-0.39, 0.29) is 12.3 Å². The highest BCUT2D eigenvalue weighted by Gasteiger charge is 2.37. The van der Waals surface area contributed by atoms with Crippen LogP contribution in [0.2, 0.25) is 0 Å². The van der Waals surface area contributed by atoms with E-state index in [2.05, 4.69) is 5.18 Å². The maximum atomic E-state index is 13.4. The van der Waals surface area contributed by atoms with E-state index in [0.29, 0.717) is 13.1 Å². The maximum Gasteiger partial charge on any atom is 0.431 e. The number of ether oxygens (including phenoxy) is 1. The summed E-state index contributed by atoms with van der Waals surface area (Å²) >= 11 is 0. The van der Waals surface area contributed by atoms with Gasteiger partial charge in [0.15, 0.2) is 6.67 Å². The van der Waals surface area contributed by atoms with Gasteiger partial charge in [-0.1, -0.05) is 30.3 Å². The first kappa shape index (κ1) is 23.1. The molecule has 0 spiro atoms. The molecular formula is C21H29N5O4. The Morgan fingerprint density at radius 1 is 1.20 bits per heavy atom. The first-order valence-electron chi connectivity index (χ1n) is 10.1. The normalized spacial score (nSPS) is 14.9. The number of rotatable bonds is 7. The molecule has 0 radical (unpaired) electrons. The fraction of sp³-hybridized carbons (Fsp3) is 0.571. The topological polar surface area (TPSA) is 106 Å². The summed E-state index contributed by atoms with van der Waals surface area (Å²) in [6, 6.07) is 8.24. The first-order valence-corrected chi connectivity index (χ1v) is 10.1. The molecule has 1 aliphatic heterocycles. The number of carbonyl (C=O) groups is 2. The van der Waals surface area contributed by atoms with Crippen molar-refractivity contribution in [2.45, 2.75) is 58.1 Å². The van der Waals surface area contributed by atoms with Crippen molar-refractivity contribution in [3.8, 4) is 6.19 Å². The number of amides is 2. The van der Waals surface area contributed by atoms with Crippen LogP contribution in [0.1, 0.15) is 45.6 Å². The van der Waals surface area contributed by atoms with Gasteiger partial charge in [-0.05, 0) is 50.8 Å². The van der Waals surface area contributed by atoms with E-state index < -0.39 is 24.4 Å². The molecule has 1 heterocycles. The number of hydrazine groups is 1. The number of hydrogen-bond acceptors (Lipinski definition) is 7. The maximum absolute atomic E-state index is 13.4. The smallest absolute Gasteiger partial charge is 0.431 e. The molecule has 1 atom stereocenters. The van der Waals surface area contributed by atoms with E-state index in [9.17, 15) is 19.8 Å². The number of piperidine rings is 1. The van der Waals surface area contributed by atoms with E-state index in [1.165, 1.54) is 0 Å². The molecule has 0 bridgehead atoms. The van der Waals surface area contributed by atoms with Crippen LogP contribution in [-0.4, -0.2) is 58.3 Å². The molecule has 162 valence electrons. The fourth-order valence-corrected chi connectivity index (χ4v) is 3.32. The summed E-state index contributed by atoms with van der Waals surface area (Å²) in [6.45, 7) is 5.59. The van der Waals surface area contributed by atoms with Crippen molar-refractivity contribution in [1.29, 1.82) is 5.26 Å². The Balaban J connectivity index is 2.37. The molecule has 0 aliphatic carbocycles. The molecule has 1 aromatic rings. The number of benzene rings is 1. The van der Waals surface area contributed by atoms with Crippen molar-refractivity contribution in [2.75, 3.05) is 19.8 Å². The van der Waals surface area contributed by atoms with E-state index in [1.54, 1.807) is 25.7 Å². The molecule has 0 N–H and O–H groups in total. The third-order valence-electron chi connectivity index (χ3n) is 4.68. The Morgan fingerprint density at radius 2 is 1.83 bits per heavy atom. The number of carbonyl (C=O) groups excluding carboxylic acids is 2. The number of nitroso groups, excluding NO2 is 1. The summed E-state index contributed by atoms with van der Waals surface area (Å²) in [6.07, 6.45) is 4.02. The monoisotopic (exact) mass is 415 g/mol. The van der Waals surface area contributed by atoms with Gasteiger partial charge >= 0.3 is 6.09 Å². The van der Waals surface area contributed by atoms with Crippen LogP contribution in [-0.2, 0) is 16.0 Å². The van der Waals surface area contributed by atoms with Gasteiger partial charge in [0.05, 0.1) is 0 Å². The third-order valence-corrected chi connectivity index (χ3v) is 4.68. The van der Waals surface area contributed by atoms with Gasteiger partial charge in [-0.25, -0.2) is 9.80 Å². The lowest BCUT2D eigenvalue weighted by Crippen LogP contribution is -2.57. The summed E-state index contributed by atoms with van der Waals surface area (Å²) < 4.78 is 5.33. The number of nitriles is 1. The van der Waals surface area contributed by atoms with Crippen molar-refractivity contribution in [2.24, 2.45) is 5.18 Å². The number of likely N-dealkylation sites (tertiary alicyclic amines) is 1. The zero-order valence-corrected chi connectivity index (χ0v) is 17.8. The minimum atomic E-state index is -0.996. The van der Waals surface area contributed by atoms with Gasteiger partial charge in [-0.15, -0.1) is 4.91 Å². The van der Waals surface area contributed by atoms with Crippen molar-refractivity contribution in [1.82, 2.24) is 14.9 Å². The molecule has 30 heavy (non-hydrogen) atoms. The highest BCUT2D eigenvalue weighted by molar-refractivity contribution is 5.83. The SMILES string of the molecule is CC(C)(C)OC(=O)N(CN=O)N(C#N)[C@@H](Cc1ccccc1)C(=O)N1CCCCC1. The molecule has 9 nitrogen and oxygen atoms in total. The second-order valence-electron chi connectivity index (χ2n) is 8.19. The predicted molar refractivity (Wildman–Crippen MR) is 111 cm³/mol. The van der Waals surface area contributed by atoms with Gasteiger partial charge in [0, 0.05) is 19.5 Å². The lowest BCUT2D eigenvalue weighted by molar-refractivity contribution is -0.142. The zero-order chi connectivity index (χ0) is 22.1. The standard InChI is InChI=1S/C21H29N5O4/c1-21(2,3)30-20(28)26(16-23-29)25(15-22)18(14-17-10-6-4-7-11-17)19(27)24-12-8-5-9-13-24/h4,6-7,10-11,18H,5,8-9,12-14,16H2,1-3H3/t18-/m0/s1. The molecule has 2 rings (SSSR count). The summed E-state index contributed by atoms with van der Waals surface area (Å²) in [5, 5.41) is 14.4. The van der Waals surface area contributed by atoms with Crippen molar-refractivity contribution in [3.05, 3.63) is 40.8 Å². The molecule has 1 aromatic carbocycles. The molecule has 1 aliphatic rings. The Labute approximate surface area is 177 Å². The van der Waals surface area contributed by atoms with Crippen molar-refractivity contribution < 1.29 is 14.3 Å². The van der Waals surface area contributed by atoms with Crippen LogP contribution in [0.3, 0.4) is 0 Å². The fourth-order valence-electron chi connectivity index (χ4n) is 3.32. The van der Waals surface area contributed by atoms with Gasteiger partial charge in [-0.3, -0.25) is 4.79 Å². The van der Waals surface area contributed by atoms with Gasteiger partial charge < -0.3 is 9.64 Å². The summed E-state index contributed by atoms with van der Waals surface area (Å²) in [5.41, 5.74) is -0.0122. The van der Waals surface area contributed by atoms with Gasteiger partial charge in [-0.2, -0.15) is 10.3 Å². The lowest BCUT2D eigenvalue weighted by Gasteiger charge is -2.38. The summed E-state index contributed by atoms with van der Waals surface area (Å²) in [7, 11) is 0. The third kappa shape index (κ3) is 6.44. The molecule has 1 fully saturated rings. The van der Waals surface area contributed by atoms with E-state index in [0.717, 1.165) is 34.8 Å². The molecule has 0 saturated carbocycles. The van der Waals surface area contributed by atoms with Crippen molar-refractivity contribution >= 4 is 12.0 Å². The van der Waals surface area contributed by atoms with Crippen LogP contribution in [0.25, 0.3) is 0 Å². The zero-order valence-electron chi connectivity index (χ0n) is 17.8. The minimum Gasteiger partial charge on any atom is -0.442 e. The number of nitrogens with zero attached hydrogens (tertiary/aromatic N) is 5.